The largest absolute Gasteiger partial charge is 0.378 e. The molecule has 0 saturated carbocycles. The molecule has 3 heterocycles. The van der Waals surface area contributed by atoms with Crippen LogP contribution in [0.3, 0.4) is 0 Å². The Morgan fingerprint density at radius 2 is 2.45 bits per heavy atom. The Bertz CT molecular complexity index is 472. The smallest absolute Gasteiger partial charge is 0.272 e. The molecule has 2 aliphatic rings. The van der Waals surface area contributed by atoms with E-state index in [4.69, 9.17) is 9.47 Å². The molecule has 2 fully saturated rings. The molecule has 1 aromatic heterocycles. The van der Waals surface area contributed by atoms with E-state index in [0.717, 1.165) is 19.4 Å². The lowest BCUT2D eigenvalue weighted by Crippen LogP contribution is -2.67. The average molecular weight is 277 g/mol. The van der Waals surface area contributed by atoms with E-state index in [0.29, 0.717) is 25.4 Å². The van der Waals surface area contributed by atoms with Gasteiger partial charge in [0.05, 0.1) is 19.2 Å². The zero-order chi connectivity index (χ0) is 14.0. The molecule has 0 radical (unpaired) electrons. The topological polar surface area (TPSA) is 64.6 Å². The maximum absolute atomic E-state index is 12.2. The van der Waals surface area contributed by atoms with E-state index in [2.05, 4.69) is 9.97 Å². The van der Waals surface area contributed by atoms with Crippen LogP contribution in [0.4, 0.5) is 0 Å². The lowest BCUT2D eigenvalue weighted by atomic mass is 9.84. The van der Waals surface area contributed by atoms with Crippen molar-refractivity contribution in [1.29, 1.82) is 0 Å². The molecule has 1 unspecified atom stereocenters. The van der Waals surface area contributed by atoms with Crippen molar-refractivity contribution in [3.05, 3.63) is 24.3 Å². The molecule has 0 aromatic carbocycles. The summed E-state index contributed by atoms with van der Waals surface area (Å²) < 4.78 is 11.6. The predicted octanol–water partition coefficient (Wildman–Crippen LogP) is 0.887. The van der Waals surface area contributed by atoms with Crippen molar-refractivity contribution in [3.8, 4) is 0 Å². The van der Waals surface area contributed by atoms with Crippen LogP contribution in [0, 0.1) is 0 Å². The van der Waals surface area contributed by atoms with Gasteiger partial charge in [0.15, 0.2) is 0 Å². The molecule has 1 atom stereocenters. The molecule has 0 N–H and O–H groups in total. The van der Waals surface area contributed by atoms with Gasteiger partial charge < -0.3 is 14.4 Å². The number of likely N-dealkylation sites (tertiary alicyclic amines) is 1. The number of amides is 1. The van der Waals surface area contributed by atoms with E-state index in [-0.39, 0.29) is 17.6 Å². The standard InChI is InChI=1S/C14H19N3O3/c1-2-19-11-4-6-20-14(7-11)8-17(9-14)13(18)12-3-5-15-10-16-12/h3,5,10-11H,2,4,6-9H2,1H3. The molecule has 3 rings (SSSR count). The van der Waals surface area contributed by atoms with E-state index in [1.165, 1.54) is 6.33 Å². The Hall–Kier alpha value is -1.53. The van der Waals surface area contributed by atoms with Crippen molar-refractivity contribution in [2.24, 2.45) is 0 Å². The molecule has 108 valence electrons. The van der Waals surface area contributed by atoms with Gasteiger partial charge in [0.2, 0.25) is 0 Å². The quantitative estimate of drug-likeness (QED) is 0.821. The summed E-state index contributed by atoms with van der Waals surface area (Å²) in [6, 6.07) is 1.64. The highest BCUT2D eigenvalue weighted by Crippen LogP contribution is 2.35. The van der Waals surface area contributed by atoms with Gasteiger partial charge in [-0.05, 0) is 19.4 Å². The van der Waals surface area contributed by atoms with Crippen molar-refractivity contribution in [1.82, 2.24) is 14.9 Å². The van der Waals surface area contributed by atoms with E-state index in [1.54, 1.807) is 17.2 Å². The lowest BCUT2D eigenvalue weighted by molar-refractivity contribution is -0.185. The zero-order valence-corrected chi connectivity index (χ0v) is 11.6. The van der Waals surface area contributed by atoms with Crippen molar-refractivity contribution < 1.29 is 14.3 Å². The number of ether oxygens (including phenoxy) is 2. The second kappa shape index (κ2) is 5.46. The molecule has 6 heteroatoms. The van der Waals surface area contributed by atoms with Gasteiger partial charge in [0.25, 0.3) is 5.91 Å². The molecule has 1 amide bonds. The maximum Gasteiger partial charge on any atom is 0.272 e. The maximum atomic E-state index is 12.2. The van der Waals surface area contributed by atoms with Crippen molar-refractivity contribution in [2.75, 3.05) is 26.3 Å². The number of hydrogen-bond donors (Lipinski definition) is 0. The van der Waals surface area contributed by atoms with Crippen LogP contribution in [0.1, 0.15) is 30.3 Å². The molecule has 2 aliphatic heterocycles. The molecule has 2 saturated heterocycles. The third kappa shape index (κ3) is 2.53. The Labute approximate surface area is 118 Å². The van der Waals surface area contributed by atoms with Crippen molar-refractivity contribution in [2.45, 2.75) is 31.5 Å². The van der Waals surface area contributed by atoms with E-state index < -0.39 is 0 Å². The number of aromatic nitrogens is 2. The Morgan fingerprint density at radius 1 is 1.60 bits per heavy atom. The van der Waals surface area contributed by atoms with Crippen LogP contribution in [0.25, 0.3) is 0 Å². The van der Waals surface area contributed by atoms with Gasteiger partial charge in [0.1, 0.15) is 17.6 Å². The average Bonchev–Trinajstić information content (AvgIpc) is 2.45. The van der Waals surface area contributed by atoms with Gasteiger partial charge in [-0.25, -0.2) is 9.97 Å². The third-order valence-electron chi connectivity index (χ3n) is 3.90. The second-order valence-corrected chi connectivity index (χ2v) is 5.36. The van der Waals surface area contributed by atoms with Crippen LogP contribution in [0.2, 0.25) is 0 Å². The summed E-state index contributed by atoms with van der Waals surface area (Å²) in [7, 11) is 0. The number of carbonyl (C=O) groups is 1. The minimum absolute atomic E-state index is 0.0554. The molecule has 0 aliphatic carbocycles. The molecular weight excluding hydrogens is 258 g/mol. The number of nitrogens with zero attached hydrogens (tertiary/aromatic N) is 3. The number of rotatable bonds is 3. The normalized spacial score (nSPS) is 24.4. The molecule has 0 bridgehead atoms. The fraction of sp³-hybridized carbons (Fsp3) is 0.643. The summed E-state index contributed by atoms with van der Waals surface area (Å²) in [5, 5.41) is 0. The zero-order valence-electron chi connectivity index (χ0n) is 11.6. The molecule has 6 nitrogen and oxygen atoms in total. The summed E-state index contributed by atoms with van der Waals surface area (Å²) in [6.45, 7) is 4.69. The van der Waals surface area contributed by atoms with E-state index in [9.17, 15) is 4.79 Å². The van der Waals surface area contributed by atoms with Gasteiger partial charge in [-0.2, -0.15) is 0 Å². The fourth-order valence-electron chi connectivity index (χ4n) is 2.95. The van der Waals surface area contributed by atoms with Gasteiger partial charge >= 0.3 is 0 Å². The predicted molar refractivity (Wildman–Crippen MR) is 71.3 cm³/mol. The molecular formula is C14H19N3O3. The summed E-state index contributed by atoms with van der Waals surface area (Å²) >= 11 is 0. The minimum atomic E-state index is -0.208. The van der Waals surface area contributed by atoms with Gasteiger partial charge in [0, 0.05) is 25.8 Å². The van der Waals surface area contributed by atoms with Crippen molar-refractivity contribution >= 4 is 5.91 Å². The van der Waals surface area contributed by atoms with Crippen molar-refractivity contribution in [3.63, 3.8) is 0 Å². The SMILES string of the molecule is CCOC1CCOC2(C1)CN(C(=O)c1ccncn1)C2. The van der Waals surface area contributed by atoms with E-state index in [1.807, 2.05) is 6.92 Å². The lowest BCUT2D eigenvalue weighted by Gasteiger charge is -2.52. The van der Waals surface area contributed by atoms with Gasteiger partial charge in [-0.15, -0.1) is 0 Å². The monoisotopic (exact) mass is 277 g/mol. The number of carbonyl (C=O) groups excluding carboxylic acids is 1. The van der Waals surface area contributed by atoms with Crippen LogP contribution in [0.5, 0.6) is 0 Å². The summed E-state index contributed by atoms with van der Waals surface area (Å²) in [5.74, 6) is -0.0554. The first-order chi connectivity index (χ1) is 9.72. The van der Waals surface area contributed by atoms with Crippen LogP contribution in [-0.2, 0) is 9.47 Å². The van der Waals surface area contributed by atoms with E-state index >= 15 is 0 Å². The van der Waals surface area contributed by atoms with Crippen LogP contribution >= 0.6 is 0 Å². The fourth-order valence-corrected chi connectivity index (χ4v) is 2.95. The summed E-state index contributed by atoms with van der Waals surface area (Å²) in [6.07, 6.45) is 5.04. The molecule has 1 aromatic rings. The Balaban J connectivity index is 1.59. The van der Waals surface area contributed by atoms with Crippen LogP contribution in [0.15, 0.2) is 18.6 Å². The first kappa shape index (κ1) is 13.5. The summed E-state index contributed by atoms with van der Waals surface area (Å²) in [5.41, 5.74) is 0.229. The molecule has 20 heavy (non-hydrogen) atoms. The third-order valence-corrected chi connectivity index (χ3v) is 3.90. The Morgan fingerprint density at radius 3 is 3.15 bits per heavy atom. The summed E-state index contributed by atoms with van der Waals surface area (Å²) in [4.78, 5) is 21.8. The molecule has 1 spiro atoms. The Kier molecular flexibility index (Phi) is 3.67. The first-order valence-electron chi connectivity index (χ1n) is 7.03. The highest BCUT2D eigenvalue weighted by Gasteiger charge is 2.49. The first-order valence-corrected chi connectivity index (χ1v) is 7.03. The second-order valence-electron chi connectivity index (χ2n) is 5.36. The highest BCUT2D eigenvalue weighted by atomic mass is 16.5. The van der Waals surface area contributed by atoms with Crippen LogP contribution < -0.4 is 0 Å². The van der Waals surface area contributed by atoms with Gasteiger partial charge in [-0.3, -0.25) is 4.79 Å². The minimum Gasteiger partial charge on any atom is -0.378 e. The number of hydrogen-bond acceptors (Lipinski definition) is 5. The van der Waals surface area contributed by atoms with Crippen LogP contribution in [-0.4, -0.2) is 58.8 Å². The highest BCUT2D eigenvalue weighted by molar-refractivity contribution is 5.92. The van der Waals surface area contributed by atoms with Gasteiger partial charge in [-0.1, -0.05) is 0 Å².